The van der Waals surface area contributed by atoms with E-state index in [4.69, 9.17) is 11.6 Å². The molecule has 0 saturated carbocycles. The standard InChI is InChI=1S/C15H13ClF2N2O/c16-13-9-12(5-6-14(13)18)19-8-7-15(21)20-11-3-1-10(17)2-4-11/h1-6,9,19H,7-8H2,(H,20,21). The van der Waals surface area contributed by atoms with Crippen LogP contribution in [0.2, 0.25) is 5.02 Å². The Morgan fingerprint density at radius 1 is 1.05 bits per heavy atom. The maximum atomic E-state index is 13.0. The molecule has 3 nitrogen and oxygen atoms in total. The molecule has 2 aromatic rings. The van der Waals surface area contributed by atoms with Gasteiger partial charge in [-0.05, 0) is 42.5 Å². The summed E-state index contributed by atoms with van der Waals surface area (Å²) in [6, 6.07) is 9.76. The van der Waals surface area contributed by atoms with Gasteiger partial charge in [0.1, 0.15) is 11.6 Å². The predicted octanol–water partition coefficient (Wildman–Crippen LogP) is 4.06. The highest BCUT2D eigenvalue weighted by molar-refractivity contribution is 6.31. The Hall–Kier alpha value is -2.14. The van der Waals surface area contributed by atoms with Gasteiger partial charge in [0, 0.05) is 24.3 Å². The van der Waals surface area contributed by atoms with E-state index in [0.29, 0.717) is 17.9 Å². The van der Waals surface area contributed by atoms with Gasteiger partial charge in [0.2, 0.25) is 5.91 Å². The molecule has 0 unspecified atom stereocenters. The van der Waals surface area contributed by atoms with Gasteiger partial charge in [-0.3, -0.25) is 4.79 Å². The number of nitrogens with one attached hydrogen (secondary N) is 2. The van der Waals surface area contributed by atoms with Crippen LogP contribution in [0.3, 0.4) is 0 Å². The summed E-state index contributed by atoms with van der Waals surface area (Å²) in [5.41, 5.74) is 1.17. The van der Waals surface area contributed by atoms with E-state index < -0.39 is 5.82 Å². The molecule has 0 fully saturated rings. The summed E-state index contributed by atoms with van der Waals surface area (Å²) in [6.07, 6.45) is 0.215. The maximum absolute atomic E-state index is 13.0. The summed E-state index contributed by atoms with van der Waals surface area (Å²) >= 11 is 5.65. The highest BCUT2D eigenvalue weighted by Crippen LogP contribution is 2.19. The van der Waals surface area contributed by atoms with Crippen molar-refractivity contribution < 1.29 is 13.6 Å². The van der Waals surface area contributed by atoms with Crippen molar-refractivity contribution in [2.24, 2.45) is 0 Å². The molecule has 0 radical (unpaired) electrons. The second kappa shape index (κ2) is 7.04. The van der Waals surface area contributed by atoms with E-state index in [1.54, 1.807) is 6.07 Å². The van der Waals surface area contributed by atoms with Crippen LogP contribution in [0.15, 0.2) is 42.5 Å². The predicted molar refractivity (Wildman–Crippen MR) is 79.5 cm³/mol. The smallest absolute Gasteiger partial charge is 0.226 e. The monoisotopic (exact) mass is 310 g/mol. The van der Waals surface area contributed by atoms with E-state index in [2.05, 4.69) is 10.6 Å². The molecule has 0 aliphatic heterocycles. The molecule has 0 spiro atoms. The summed E-state index contributed by atoms with van der Waals surface area (Å²) in [5, 5.41) is 5.63. The summed E-state index contributed by atoms with van der Waals surface area (Å²) in [6.45, 7) is 0.370. The fourth-order valence-corrected chi connectivity index (χ4v) is 1.86. The quantitative estimate of drug-likeness (QED) is 0.874. The first-order valence-electron chi connectivity index (χ1n) is 6.29. The summed E-state index contributed by atoms with van der Waals surface area (Å²) in [7, 11) is 0. The highest BCUT2D eigenvalue weighted by atomic mass is 35.5. The second-order valence-electron chi connectivity index (χ2n) is 4.36. The molecule has 0 atom stereocenters. The lowest BCUT2D eigenvalue weighted by Crippen LogP contribution is -2.16. The lowest BCUT2D eigenvalue weighted by molar-refractivity contribution is -0.115. The largest absolute Gasteiger partial charge is 0.384 e. The van der Waals surface area contributed by atoms with Crippen LogP contribution >= 0.6 is 11.6 Å². The van der Waals surface area contributed by atoms with E-state index in [1.165, 1.54) is 36.4 Å². The molecule has 0 bridgehead atoms. The molecular weight excluding hydrogens is 298 g/mol. The van der Waals surface area contributed by atoms with Gasteiger partial charge in [-0.15, -0.1) is 0 Å². The molecule has 6 heteroatoms. The molecule has 0 aliphatic carbocycles. The fourth-order valence-electron chi connectivity index (χ4n) is 1.68. The number of benzene rings is 2. The van der Waals surface area contributed by atoms with E-state index in [0.717, 1.165) is 0 Å². The Labute approximate surface area is 125 Å². The number of hydrogen-bond donors (Lipinski definition) is 2. The van der Waals surface area contributed by atoms with Crippen molar-refractivity contribution in [1.82, 2.24) is 0 Å². The van der Waals surface area contributed by atoms with Gasteiger partial charge in [-0.1, -0.05) is 11.6 Å². The molecule has 110 valence electrons. The minimum Gasteiger partial charge on any atom is -0.384 e. The number of amides is 1. The zero-order valence-electron chi connectivity index (χ0n) is 11.0. The van der Waals surface area contributed by atoms with Gasteiger partial charge < -0.3 is 10.6 Å². The minimum absolute atomic E-state index is 0.0239. The van der Waals surface area contributed by atoms with Crippen LogP contribution in [-0.2, 0) is 4.79 Å². The van der Waals surface area contributed by atoms with E-state index in [1.807, 2.05) is 0 Å². The number of carbonyl (C=O) groups excluding carboxylic acids is 1. The number of carbonyl (C=O) groups is 1. The second-order valence-corrected chi connectivity index (χ2v) is 4.77. The van der Waals surface area contributed by atoms with Crippen molar-refractivity contribution in [1.29, 1.82) is 0 Å². The number of halogens is 3. The summed E-state index contributed by atoms with van der Waals surface area (Å²) in [5.74, 6) is -1.05. The lowest BCUT2D eigenvalue weighted by Gasteiger charge is -2.08. The first kappa shape index (κ1) is 15.3. The van der Waals surface area contributed by atoms with Crippen LogP contribution in [0.5, 0.6) is 0 Å². The first-order chi connectivity index (χ1) is 10.0. The van der Waals surface area contributed by atoms with Crippen LogP contribution in [0, 0.1) is 11.6 Å². The van der Waals surface area contributed by atoms with E-state index in [9.17, 15) is 13.6 Å². The Morgan fingerprint density at radius 2 is 1.71 bits per heavy atom. The zero-order valence-corrected chi connectivity index (χ0v) is 11.8. The molecule has 2 rings (SSSR count). The Morgan fingerprint density at radius 3 is 2.38 bits per heavy atom. The zero-order chi connectivity index (χ0) is 15.2. The normalized spacial score (nSPS) is 10.2. The molecular formula is C15H13ClF2N2O. The SMILES string of the molecule is O=C(CCNc1ccc(F)c(Cl)c1)Nc1ccc(F)cc1. The Bertz CT molecular complexity index is 632. The minimum atomic E-state index is -0.490. The third-order valence-electron chi connectivity index (χ3n) is 2.73. The summed E-state index contributed by atoms with van der Waals surface area (Å²) in [4.78, 5) is 11.7. The molecule has 21 heavy (non-hydrogen) atoms. The van der Waals surface area contributed by atoms with Gasteiger partial charge in [0.05, 0.1) is 5.02 Å². The van der Waals surface area contributed by atoms with Crippen molar-refractivity contribution in [3.63, 3.8) is 0 Å². The van der Waals surface area contributed by atoms with Gasteiger partial charge >= 0.3 is 0 Å². The van der Waals surface area contributed by atoms with Crippen molar-refractivity contribution in [3.8, 4) is 0 Å². The van der Waals surface area contributed by atoms with Gasteiger partial charge in [0.25, 0.3) is 0 Å². The Kier molecular flexibility index (Phi) is 5.11. The molecule has 2 aromatic carbocycles. The van der Waals surface area contributed by atoms with Crippen LogP contribution in [-0.4, -0.2) is 12.5 Å². The third-order valence-corrected chi connectivity index (χ3v) is 3.02. The van der Waals surface area contributed by atoms with Crippen molar-refractivity contribution in [2.75, 3.05) is 17.2 Å². The van der Waals surface area contributed by atoms with Crippen LogP contribution in [0.25, 0.3) is 0 Å². The third kappa shape index (κ3) is 4.72. The average Bonchev–Trinajstić information content (AvgIpc) is 2.45. The Balaban J connectivity index is 1.78. The van der Waals surface area contributed by atoms with Gasteiger partial charge in [-0.2, -0.15) is 0 Å². The van der Waals surface area contributed by atoms with E-state index in [-0.39, 0.29) is 23.2 Å². The van der Waals surface area contributed by atoms with Crippen LogP contribution < -0.4 is 10.6 Å². The highest BCUT2D eigenvalue weighted by Gasteiger charge is 2.04. The molecule has 0 heterocycles. The molecule has 0 saturated heterocycles. The van der Waals surface area contributed by atoms with Gasteiger partial charge in [-0.25, -0.2) is 8.78 Å². The number of rotatable bonds is 5. The molecule has 0 aromatic heterocycles. The molecule has 1 amide bonds. The molecule has 2 N–H and O–H groups in total. The number of anilines is 2. The molecule has 0 aliphatic rings. The van der Waals surface area contributed by atoms with Gasteiger partial charge in [0.15, 0.2) is 0 Å². The van der Waals surface area contributed by atoms with Crippen molar-refractivity contribution in [3.05, 3.63) is 59.1 Å². The van der Waals surface area contributed by atoms with Crippen LogP contribution in [0.1, 0.15) is 6.42 Å². The maximum Gasteiger partial charge on any atom is 0.226 e. The lowest BCUT2D eigenvalue weighted by atomic mass is 10.3. The van der Waals surface area contributed by atoms with Crippen molar-refractivity contribution >= 4 is 28.9 Å². The topological polar surface area (TPSA) is 41.1 Å². The average molecular weight is 311 g/mol. The fraction of sp³-hybridized carbons (Fsp3) is 0.133. The number of hydrogen-bond acceptors (Lipinski definition) is 2. The summed E-state index contributed by atoms with van der Waals surface area (Å²) < 4.78 is 25.7. The van der Waals surface area contributed by atoms with Crippen molar-refractivity contribution in [2.45, 2.75) is 6.42 Å². The first-order valence-corrected chi connectivity index (χ1v) is 6.67. The van der Waals surface area contributed by atoms with E-state index >= 15 is 0 Å². The van der Waals surface area contributed by atoms with Crippen LogP contribution in [0.4, 0.5) is 20.2 Å².